The Morgan fingerprint density at radius 2 is 1.84 bits per heavy atom. The number of nitrogens with one attached hydrogen (secondary N) is 1. The second-order valence-corrected chi connectivity index (χ2v) is 7.55. The second-order valence-electron chi connectivity index (χ2n) is 5.96. The van der Waals surface area contributed by atoms with Crippen LogP contribution in [0.3, 0.4) is 0 Å². The highest BCUT2D eigenvalue weighted by Crippen LogP contribution is 2.28. The molecular weight excluding hydrogens is 341 g/mol. The molecule has 0 bridgehead atoms. The zero-order valence-corrected chi connectivity index (χ0v) is 14.5. The Hall–Kier alpha value is -2.02. The van der Waals surface area contributed by atoms with E-state index in [-0.39, 0.29) is 11.9 Å². The standard InChI is InChI=1S/C19H20FNO3S/c20-17-10-8-16(9-11-17)19(18-7-4-13-24-18)21-25(22,23)14-12-15-5-2-1-3-6-15/h1-3,5-6,8-12,14,18-19,21H,4,7,13H2/b14-12+/t18-,19-/m1/s1. The van der Waals surface area contributed by atoms with Crippen LogP contribution in [0.4, 0.5) is 4.39 Å². The molecule has 6 heteroatoms. The molecule has 0 unspecified atom stereocenters. The minimum atomic E-state index is -3.68. The van der Waals surface area contributed by atoms with Crippen molar-refractivity contribution in [3.63, 3.8) is 0 Å². The Kier molecular flexibility index (Phi) is 5.63. The maximum Gasteiger partial charge on any atom is 0.234 e. The minimum Gasteiger partial charge on any atom is -0.376 e. The van der Waals surface area contributed by atoms with E-state index in [1.165, 1.54) is 12.1 Å². The molecule has 25 heavy (non-hydrogen) atoms. The predicted octanol–water partition coefficient (Wildman–Crippen LogP) is 3.64. The van der Waals surface area contributed by atoms with Gasteiger partial charge in [-0.1, -0.05) is 42.5 Å². The SMILES string of the molecule is O=S(=O)(/C=C/c1ccccc1)N[C@H](c1ccc(F)cc1)[C@H]1CCCO1. The van der Waals surface area contributed by atoms with Crippen LogP contribution in [0.5, 0.6) is 0 Å². The Bertz CT molecular complexity index is 814. The third kappa shape index (κ3) is 4.98. The smallest absolute Gasteiger partial charge is 0.234 e. The highest BCUT2D eigenvalue weighted by atomic mass is 32.2. The summed E-state index contributed by atoms with van der Waals surface area (Å²) in [6.07, 6.45) is 2.92. The van der Waals surface area contributed by atoms with Crippen LogP contribution < -0.4 is 4.72 Å². The van der Waals surface area contributed by atoms with Crippen LogP contribution in [-0.2, 0) is 14.8 Å². The van der Waals surface area contributed by atoms with Gasteiger partial charge in [-0.15, -0.1) is 0 Å². The molecule has 0 spiro atoms. The van der Waals surface area contributed by atoms with Crippen LogP contribution in [0.1, 0.15) is 30.0 Å². The average Bonchev–Trinajstić information content (AvgIpc) is 3.14. The van der Waals surface area contributed by atoms with Crippen LogP contribution >= 0.6 is 0 Å². The van der Waals surface area contributed by atoms with Gasteiger partial charge in [0.2, 0.25) is 10.0 Å². The fourth-order valence-electron chi connectivity index (χ4n) is 2.84. The van der Waals surface area contributed by atoms with Gasteiger partial charge in [-0.25, -0.2) is 17.5 Å². The van der Waals surface area contributed by atoms with E-state index in [0.717, 1.165) is 23.8 Å². The summed E-state index contributed by atoms with van der Waals surface area (Å²) in [6, 6.07) is 14.5. The van der Waals surface area contributed by atoms with Gasteiger partial charge in [0.1, 0.15) is 5.82 Å². The fourth-order valence-corrected chi connectivity index (χ4v) is 3.90. The molecule has 1 aliphatic heterocycles. The molecule has 1 saturated heterocycles. The van der Waals surface area contributed by atoms with E-state index in [0.29, 0.717) is 12.2 Å². The zero-order valence-electron chi connectivity index (χ0n) is 13.6. The predicted molar refractivity (Wildman–Crippen MR) is 95.6 cm³/mol. The molecule has 3 rings (SSSR count). The molecule has 4 nitrogen and oxygen atoms in total. The summed E-state index contributed by atoms with van der Waals surface area (Å²) in [4.78, 5) is 0. The van der Waals surface area contributed by atoms with E-state index >= 15 is 0 Å². The van der Waals surface area contributed by atoms with Crippen molar-refractivity contribution in [1.29, 1.82) is 0 Å². The highest BCUT2D eigenvalue weighted by Gasteiger charge is 2.30. The summed E-state index contributed by atoms with van der Waals surface area (Å²) in [5, 5.41) is 1.15. The fraction of sp³-hybridized carbons (Fsp3) is 0.263. The number of hydrogen-bond acceptors (Lipinski definition) is 3. The lowest BCUT2D eigenvalue weighted by molar-refractivity contribution is 0.0853. The lowest BCUT2D eigenvalue weighted by Gasteiger charge is -2.23. The second kappa shape index (κ2) is 7.91. The first-order valence-electron chi connectivity index (χ1n) is 8.16. The van der Waals surface area contributed by atoms with E-state index in [1.54, 1.807) is 18.2 Å². The first kappa shape index (κ1) is 17.8. The van der Waals surface area contributed by atoms with Gasteiger partial charge < -0.3 is 4.74 Å². The molecule has 2 atom stereocenters. The number of rotatable bonds is 6. The van der Waals surface area contributed by atoms with Gasteiger partial charge in [0, 0.05) is 12.0 Å². The van der Waals surface area contributed by atoms with Crippen molar-refractivity contribution < 1.29 is 17.5 Å². The van der Waals surface area contributed by atoms with E-state index in [2.05, 4.69) is 4.72 Å². The molecular formula is C19H20FNO3S. The Morgan fingerprint density at radius 1 is 1.12 bits per heavy atom. The van der Waals surface area contributed by atoms with E-state index in [9.17, 15) is 12.8 Å². The normalized spacial score (nSPS) is 19.3. The topological polar surface area (TPSA) is 55.4 Å². The Labute approximate surface area is 147 Å². The first-order valence-corrected chi connectivity index (χ1v) is 9.71. The van der Waals surface area contributed by atoms with Gasteiger partial charge in [0.15, 0.2) is 0 Å². The quantitative estimate of drug-likeness (QED) is 0.855. The van der Waals surface area contributed by atoms with Crippen LogP contribution in [0.25, 0.3) is 6.08 Å². The lowest BCUT2D eigenvalue weighted by Crippen LogP contribution is -2.35. The van der Waals surface area contributed by atoms with E-state index in [1.807, 2.05) is 30.3 Å². The van der Waals surface area contributed by atoms with Gasteiger partial charge in [0.05, 0.1) is 12.1 Å². The summed E-state index contributed by atoms with van der Waals surface area (Å²) in [5.74, 6) is -0.360. The molecule has 0 amide bonds. The molecule has 2 aromatic carbocycles. The van der Waals surface area contributed by atoms with Crippen molar-refractivity contribution in [2.45, 2.75) is 25.0 Å². The number of halogens is 1. The van der Waals surface area contributed by atoms with Crippen molar-refractivity contribution in [1.82, 2.24) is 4.72 Å². The van der Waals surface area contributed by atoms with Crippen molar-refractivity contribution in [3.8, 4) is 0 Å². The first-order chi connectivity index (χ1) is 12.0. The van der Waals surface area contributed by atoms with Crippen LogP contribution in [-0.4, -0.2) is 21.1 Å². The Balaban J connectivity index is 1.81. The average molecular weight is 361 g/mol. The van der Waals surface area contributed by atoms with Gasteiger partial charge in [-0.2, -0.15) is 0 Å². The highest BCUT2D eigenvalue weighted by molar-refractivity contribution is 7.92. The van der Waals surface area contributed by atoms with Gasteiger partial charge in [-0.05, 0) is 42.2 Å². The summed E-state index contributed by atoms with van der Waals surface area (Å²) in [6.45, 7) is 0.601. The van der Waals surface area contributed by atoms with Crippen molar-refractivity contribution >= 4 is 16.1 Å². The third-order valence-electron chi connectivity index (χ3n) is 4.10. The minimum absolute atomic E-state index is 0.259. The largest absolute Gasteiger partial charge is 0.376 e. The molecule has 2 aromatic rings. The molecule has 1 heterocycles. The molecule has 0 saturated carbocycles. The van der Waals surface area contributed by atoms with Crippen LogP contribution in [0, 0.1) is 5.82 Å². The van der Waals surface area contributed by atoms with E-state index in [4.69, 9.17) is 4.74 Å². The summed E-state index contributed by atoms with van der Waals surface area (Å²) < 4.78 is 46.5. The number of hydrogen-bond donors (Lipinski definition) is 1. The van der Waals surface area contributed by atoms with Crippen molar-refractivity contribution in [2.24, 2.45) is 0 Å². The lowest BCUT2D eigenvalue weighted by atomic mass is 10.0. The summed E-state index contributed by atoms with van der Waals surface area (Å²) in [5.41, 5.74) is 1.48. The van der Waals surface area contributed by atoms with Crippen molar-refractivity contribution in [2.75, 3.05) is 6.61 Å². The van der Waals surface area contributed by atoms with E-state index < -0.39 is 16.1 Å². The molecule has 1 aliphatic rings. The molecule has 132 valence electrons. The summed E-state index contributed by atoms with van der Waals surface area (Å²) in [7, 11) is -3.68. The molecule has 1 N–H and O–H groups in total. The zero-order chi connectivity index (χ0) is 17.7. The van der Waals surface area contributed by atoms with Gasteiger partial charge in [-0.3, -0.25) is 0 Å². The number of benzene rings is 2. The number of sulfonamides is 1. The van der Waals surface area contributed by atoms with Crippen LogP contribution in [0.15, 0.2) is 60.0 Å². The maximum atomic E-state index is 13.2. The molecule has 0 aromatic heterocycles. The number of ether oxygens (including phenoxy) is 1. The third-order valence-corrected chi connectivity index (χ3v) is 5.17. The monoisotopic (exact) mass is 361 g/mol. The summed E-state index contributed by atoms with van der Waals surface area (Å²) >= 11 is 0. The molecule has 0 radical (unpaired) electrons. The molecule has 1 fully saturated rings. The maximum absolute atomic E-state index is 13.2. The molecule has 0 aliphatic carbocycles. The van der Waals surface area contributed by atoms with Crippen LogP contribution in [0.2, 0.25) is 0 Å². The van der Waals surface area contributed by atoms with Gasteiger partial charge in [0.25, 0.3) is 0 Å². The Morgan fingerprint density at radius 3 is 2.48 bits per heavy atom. The van der Waals surface area contributed by atoms with Gasteiger partial charge >= 0.3 is 0 Å². The van der Waals surface area contributed by atoms with Crippen molar-refractivity contribution in [3.05, 3.63) is 76.9 Å².